The van der Waals surface area contributed by atoms with Gasteiger partial charge >= 0.3 is 5.69 Å². The van der Waals surface area contributed by atoms with Gasteiger partial charge in [0.15, 0.2) is 0 Å². The molecule has 6 heteroatoms. The zero-order valence-corrected chi connectivity index (χ0v) is 11.1. The molecular formula is C12H16ClN3O2. The van der Waals surface area contributed by atoms with Crippen molar-refractivity contribution in [3.8, 4) is 0 Å². The Morgan fingerprint density at radius 1 is 1.44 bits per heavy atom. The van der Waals surface area contributed by atoms with Crippen LogP contribution >= 0.6 is 11.6 Å². The number of nitrogens with one attached hydrogen (secondary N) is 1. The Hall–Kier alpha value is -1.36. The number of hydrogen-bond donors (Lipinski definition) is 1. The molecule has 98 valence electrons. The van der Waals surface area contributed by atoms with E-state index in [0.29, 0.717) is 22.5 Å². The van der Waals surface area contributed by atoms with Crippen LogP contribution in [0.25, 0.3) is 0 Å². The van der Waals surface area contributed by atoms with Crippen LogP contribution in [-0.2, 0) is 0 Å². The van der Waals surface area contributed by atoms with Crippen LogP contribution in [0, 0.1) is 22.0 Å². The second-order valence-corrected chi connectivity index (χ2v) is 5.34. The summed E-state index contributed by atoms with van der Waals surface area (Å²) < 4.78 is 0. The maximum absolute atomic E-state index is 11.0. The van der Waals surface area contributed by atoms with Gasteiger partial charge in [-0.2, -0.15) is 0 Å². The van der Waals surface area contributed by atoms with Crippen molar-refractivity contribution in [1.29, 1.82) is 0 Å². The van der Waals surface area contributed by atoms with Crippen LogP contribution in [0.4, 0.5) is 11.4 Å². The molecule has 0 amide bonds. The summed E-state index contributed by atoms with van der Waals surface area (Å²) in [5.41, 5.74) is 0.330. The zero-order valence-electron chi connectivity index (χ0n) is 10.4. The lowest BCUT2D eigenvalue weighted by Gasteiger charge is -2.21. The first kappa shape index (κ1) is 13.1. The molecule has 0 bridgehead atoms. The number of pyridine rings is 1. The van der Waals surface area contributed by atoms with Crippen molar-refractivity contribution < 1.29 is 4.92 Å². The minimum Gasteiger partial charge on any atom is -0.375 e. The van der Waals surface area contributed by atoms with Gasteiger partial charge in [0.2, 0.25) is 0 Å². The van der Waals surface area contributed by atoms with E-state index >= 15 is 0 Å². The van der Waals surface area contributed by atoms with E-state index in [2.05, 4.69) is 24.1 Å². The average Bonchev–Trinajstić information content (AvgIpc) is 2.63. The minimum absolute atomic E-state index is 0.0609. The Morgan fingerprint density at radius 2 is 2.17 bits per heavy atom. The van der Waals surface area contributed by atoms with Gasteiger partial charge in [0.25, 0.3) is 0 Å². The molecule has 1 aliphatic carbocycles. The molecule has 5 nitrogen and oxygen atoms in total. The molecule has 0 radical (unpaired) electrons. The predicted octanol–water partition coefficient (Wildman–Crippen LogP) is 3.49. The fourth-order valence-corrected chi connectivity index (χ4v) is 2.67. The molecule has 0 saturated heterocycles. The smallest absolute Gasteiger partial charge is 0.311 e. The van der Waals surface area contributed by atoms with Gasteiger partial charge in [-0.15, -0.1) is 0 Å². The Kier molecular flexibility index (Phi) is 3.71. The lowest BCUT2D eigenvalue weighted by atomic mass is 9.97. The summed E-state index contributed by atoms with van der Waals surface area (Å²) in [4.78, 5) is 14.3. The van der Waals surface area contributed by atoms with Gasteiger partial charge in [0.1, 0.15) is 11.9 Å². The number of halogens is 1. The molecule has 1 aromatic rings. The number of nitrogens with zero attached hydrogens (tertiary/aromatic N) is 2. The number of aromatic nitrogens is 1. The van der Waals surface area contributed by atoms with E-state index in [1.165, 1.54) is 12.4 Å². The lowest BCUT2D eigenvalue weighted by Crippen LogP contribution is -2.24. The monoisotopic (exact) mass is 269 g/mol. The minimum atomic E-state index is -0.454. The summed E-state index contributed by atoms with van der Waals surface area (Å²) in [6, 6.07) is 0.235. The van der Waals surface area contributed by atoms with Gasteiger partial charge in [0.05, 0.1) is 9.95 Å². The molecular weight excluding hydrogens is 254 g/mol. The number of nitro groups is 1. The Bertz CT molecular complexity index is 467. The summed E-state index contributed by atoms with van der Waals surface area (Å²) >= 11 is 6.01. The molecule has 1 N–H and O–H groups in total. The van der Waals surface area contributed by atoms with Crippen molar-refractivity contribution >= 4 is 23.0 Å². The average molecular weight is 270 g/mol. The fraction of sp³-hybridized carbons (Fsp3) is 0.583. The van der Waals surface area contributed by atoms with E-state index in [9.17, 15) is 10.1 Å². The zero-order chi connectivity index (χ0) is 13.3. The Morgan fingerprint density at radius 3 is 2.72 bits per heavy atom. The van der Waals surface area contributed by atoms with Gasteiger partial charge in [-0.25, -0.2) is 0 Å². The number of hydrogen-bond acceptors (Lipinski definition) is 4. The quantitative estimate of drug-likeness (QED) is 0.674. The third kappa shape index (κ3) is 2.41. The van der Waals surface area contributed by atoms with E-state index in [0.717, 1.165) is 12.8 Å². The largest absolute Gasteiger partial charge is 0.375 e. The van der Waals surface area contributed by atoms with Crippen molar-refractivity contribution in [2.75, 3.05) is 5.32 Å². The highest BCUT2D eigenvalue weighted by Gasteiger charge is 2.31. The van der Waals surface area contributed by atoms with Crippen LogP contribution in [0.3, 0.4) is 0 Å². The Balaban J connectivity index is 2.26. The number of anilines is 1. The highest BCUT2D eigenvalue weighted by atomic mass is 35.5. The molecule has 18 heavy (non-hydrogen) atoms. The molecule has 1 fully saturated rings. The molecule has 0 aliphatic heterocycles. The first-order chi connectivity index (χ1) is 8.50. The van der Waals surface area contributed by atoms with Crippen LogP contribution in [-0.4, -0.2) is 15.9 Å². The van der Waals surface area contributed by atoms with Gasteiger partial charge in [-0.05, 0) is 24.7 Å². The predicted molar refractivity (Wildman–Crippen MR) is 70.9 cm³/mol. The van der Waals surface area contributed by atoms with Crippen molar-refractivity contribution in [3.63, 3.8) is 0 Å². The molecule has 3 unspecified atom stereocenters. The molecule has 1 heterocycles. The normalized spacial score (nSPS) is 27.2. The van der Waals surface area contributed by atoms with Crippen LogP contribution in [0.15, 0.2) is 12.4 Å². The highest BCUT2D eigenvalue weighted by molar-refractivity contribution is 6.33. The maximum Gasteiger partial charge on any atom is 0.311 e. The van der Waals surface area contributed by atoms with Crippen molar-refractivity contribution in [3.05, 3.63) is 27.5 Å². The van der Waals surface area contributed by atoms with Crippen LogP contribution in [0.1, 0.15) is 26.7 Å². The molecule has 0 spiro atoms. The van der Waals surface area contributed by atoms with Crippen molar-refractivity contribution in [2.24, 2.45) is 11.8 Å². The van der Waals surface area contributed by atoms with Crippen LogP contribution in [0.2, 0.25) is 5.02 Å². The molecule has 1 saturated carbocycles. The lowest BCUT2D eigenvalue weighted by molar-refractivity contribution is -0.384. The first-order valence-corrected chi connectivity index (χ1v) is 6.43. The molecule has 1 aliphatic rings. The third-order valence-corrected chi connectivity index (χ3v) is 4.16. The summed E-state index contributed by atoms with van der Waals surface area (Å²) in [6.07, 6.45) is 4.81. The second-order valence-electron chi connectivity index (χ2n) is 4.94. The van der Waals surface area contributed by atoms with E-state index in [-0.39, 0.29) is 11.7 Å². The SMILES string of the molecule is CC1CCC(Nc2c(Cl)cncc2[N+](=O)[O-])C1C. The summed E-state index contributed by atoms with van der Waals surface area (Å²) in [6.45, 7) is 4.37. The van der Waals surface area contributed by atoms with Crippen molar-refractivity contribution in [2.45, 2.75) is 32.7 Å². The van der Waals surface area contributed by atoms with Crippen LogP contribution < -0.4 is 5.32 Å². The first-order valence-electron chi connectivity index (χ1n) is 6.05. The summed E-state index contributed by atoms with van der Waals surface area (Å²) in [5.74, 6) is 1.11. The molecule has 2 rings (SSSR count). The summed E-state index contributed by atoms with van der Waals surface area (Å²) in [7, 11) is 0. The third-order valence-electron chi connectivity index (χ3n) is 3.87. The van der Waals surface area contributed by atoms with E-state index < -0.39 is 4.92 Å². The Labute approximate surface area is 111 Å². The van der Waals surface area contributed by atoms with E-state index in [1.54, 1.807) is 0 Å². The van der Waals surface area contributed by atoms with E-state index in [1.807, 2.05) is 0 Å². The second kappa shape index (κ2) is 5.10. The molecule has 3 atom stereocenters. The standard InChI is InChI=1S/C12H16ClN3O2/c1-7-3-4-10(8(7)2)15-12-9(13)5-14-6-11(12)16(17)18/h5-8,10H,3-4H2,1-2H3,(H,14,15). The van der Waals surface area contributed by atoms with Gasteiger partial charge in [-0.3, -0.25) is 15.1 Å². The van der Waals surface area contributed by atoms with Crippen LogP contribution in [0.5, 0.6) is 0 Å². The topological polar surface area (TPSA) is 68.1 Å². The van der Waals surface area contributed by atoms with Gasteiger partial charge in [-0.1, -0.05) is 25.4 Å². The van der Waals surface area contributed by atoms with Crippen molar-refractivity contribution in [1.82, 2.24) is 4.98 Å². The van der Waals surface area contributed by atoms with Gasteiger partial charge in [0, 0.05) is 12.2 Å². The fourth-order valence-electron chi connectivity index (χ4n) is 2.46. The highest BCUT2D eigenvalue weighted by Crippen LogP contribution is 2.37. The van der Waals surface area contributed by atoms with Gasteiger partial charge < -0.3 is 5.32 Å². The van der Waals surface area contributed by atoms with E-state index in [4.69, 9.17) is 11.6 Å². The molecule has 0 aromatic carbocycles. The number of rotatable bonds is 3. The maximum atomic E-state index is 11.0. The summed E-state index contributed by atoms with van der Waals surface area (Å²) in [5, 5.41) is 14.5. The molecule has 1 aromatic heterocycles.